The summed E-state index contributed by atoms with van der Waals surface area (Å²) in [6.45, 7) is 4.34. The number of carbonyl (C=O) groups is 2. The van der Waals surface area contributed by atoms with Gasteiger partial charge in [-0.15, -0.1) is 0 Å². The number of hydrogen-bond acceptors (Lipinski definition) is 5. The van der Waals surface area contributed by atoms with Gasteiger partial charge in [-0.1, -0.05) is 48.5 Å². The van der Waals surface area contributed by atoms with Gasteiger partial charge in [-0.2, -0.15) is 0 Å². The molecule has 0 spiro atoms. The molecular weight excluding hydrogens is 468 g/mol. The molecule has 3 aromatic rings. The molecule has 7 nitrogen and oxygen atoms in total. The minimum absolute atomic E-state index is 0.0480. The van der Waals surface area contributed by atoms with Crippen LogP contribution in [0.5, 0.6) is 17.2 Å². The highest BCUT2D eigenvalue weighted by Crippen LogP contribution is 2.33. The molecule has 1 heterocycles. The molecule has 1 aliphatic heterocycles. The van der Waals surface area contributed by atoms with Crippen molar-refractivity contribution in [3.8, 4) is 17.2 Å². The van der Waals surface area contributed by atoms with E-state index in [1.165, 1.54) is 0 Å². The lowest BCUT2D eigenvalue weighted by Crippen LogP contribution is -2.51. The van der Waals surface area contributed by atoms with Crippen molar-refractivity contribution in [2.75, 3.05) is 13.9 Å². The molecule has 1 atom stereocenters. The first-order valence-electron chi connectivity index (χ1n) is 12.6. The Balaban J connectivity index is 1.60. The Kier molecular flexibility index (Phi) is 8.67. The standard InChI is InChI=1S/C30H34N2O5/c1-21(2)31-30(34)26(17-22-8-5-4-6-9-22)32(19-24-10-7-11-25(16-24)35-3)29(33)15-13-23-12-14-27-28(18-23)37-20-36-27/h4-12,14,16,18,21,26H,13,15,17,19-20H2,1-3H3,(H,31,34)/t26-/m1/s1. The first kappa shape index (κ1) is 26.1. The van der Waals surface area contributed by atoms with Crippen LogP contribution in [0.2, 0.25) is 0 Å². The van der Waals surface area contributed by atoms with E-state index < -0.39 is 6.04 Å². The average molecular weight is 503 g/mol. The molecule has 0 aromatic heterocycles. The molecule has 37 heavy (non-hydrogen) atoms. The van der Waals surface area contributed by atoms with E-state index >= 15 is 0 Å². The first-order chi connectivity index (χ1) is 17.9. The maximum atomic E-state index is 13.8. The molecule has 0 fully saturated rings. The first-order valence-corrected chi connectivity index (χ1v) is 12.6. The monoisotopic (exact) mass is 502 g/mol. The number of amides is 2. The summed E-state index contributed by atoms with van der Waals surface area (Å²) in [6, 6.07) is 22.4. The van der Waals surface area contributed by atoms with Gasteiger partial charge in [0.15, 0.2) is 11.5 Å². The zero-order valence-electron chi connectivity index (χ0n) is 21.6. The van der Waals surface area contributed by atoms with Crippen LogP contribution in [0.4, 0.5) is 0 Å². The van der Waals surface area contributed by atoms with Crippen LogP contribution in [-0.2, 0) is 29.0 Å². The summed E-state index contributed by atoms with van der Waals surface area (Å²) < 4.78 is 16.3. The number of aryl methyl sites for hydroxylation is 1. The number of carbonyl (C=O) groups excluding carboxylic acids is 2. The van der Waals surface area contributed by atoms with Gasteiger partial charge in [-0.3, -0.25) is 9.59 Å². The maximum Gasteiger partial charge on any atom is 0.243 e. The van der Waals surface area contributed by atoms with Crippen molar-refractivity contribution < 1.29 is 23.8 Å². The number of fused-ring (bicyclic) bond motifs is 1. The van der Waals surface area contributed by atoms with Crippen LogP contribution in [0.1, 0.15) is 37.0 Å². The van der Waals surface area contributed by atoms with E-state index in [4.69, 9.17) is 14.2 Å². The van der Waals surface area contributed by atoms with Gasteiger partial charge in [0.2, 0.25) is 18.6 Å². The Morgan fingerprint density at radius 1 is 0.919 bits per heavy atom. The lowest BCUT2D eigenvalue weighted by atomic mass is 10.0. The molecule has 4 rings (SSSR count). The van der Waals surface area contributed by atoms with E-state index in [9.17, 15) is 9.59 Å². The maximum absolute atomic E-state index is 13.8. The van der Waals surface area contributed by atoms with Crippen molar-refractivity contribution in [1.29, 1.82) is 0 Å². The van der Waals surface area contributed by atoms with E-state index in [2.05, 4.69) is 5.32 Å². The minimum atomic E-state index is -0.666. The second-order valence-electron chi connectivity index (χ2n) is 9.43. The van der Waals surface area contributed by atoms with Gasteiger partial charge in [-0.25, -0.2) is 0 Å². The molecule has 7 heteroatoms. The smallest absolute Gasteiger partial charge is 0.243 e. The molecule has 194 valence electrons. The second-order valence-corrected chi connectivity index (χ2v) is 9.43. The van der Waals surface area contributed by atoms with Crippen LogP contribution in [0.3, 0.4) is 0 Å². The summed E-state index contributed by atoms with van der Waals surface area (Å²) in [5, 5.41) is 3.02. The summed E-state index contributed by atoms with van der Waals surface area (Å²) >= 11 is 0. The number of hydrogen-bond donors (Lipinski definition) is 1. The zero-order chi connectivity index (χ0) is 26.2. The van der Waals surface area contributed by atoms with Crippen molar-refractivity contribution in [3.63, 3.8) is 0 Å². The topological polar surface area (TPSA) is 77.1 Å². The van der Waals surface area contributed by atoms with Gasteiger partial charge in [0.05, 0.1) is 7.11 Å². The van der Waals surface area contributed by atoms with Gasteiger partial charge in [0, 0.05) is 25.4 Å². The summed E-state index contributed by atoms with van der Waals surface area (Å²) in [6.07, 6.45) is 1.19. The van der Waals surface area contributed by atoms with Crippen molar-refractivity contribution in [2.24, 2.45) is 0 Å². The average Bonchev–Trinajstić information content (AvgIpc) is 3.37. The third kappa shape index (κ3) is 7.03. The van der Waals surface area contributed by atoms with E-state index in [1.807, 2.05) is 86.6 Å². The Morgan fingerprint density at radius 3 is 2.43 bits per heavy atom. The highest BCUT2D eigenvalue weighted by Gasteiger charge is 2.30. The van der Waals surface area contributed by atoms with Crippen molar-refractivity contribution in [1.82, 2.24) is 10.2 Å². The number of nitrogens with zero attached hydrogens (tertiary/aromatic N) is 1. The predicted octanol–water partition coefficient (Wildman–Crippen LogP) is 4.52. The van der Waals surface area contributed by atoms with E-state index in [1.54, 1.807) is 12.0 Å². The Labute approximate surface area is 218 Å². The fourth-order valence-electron chi connectivity index (χ4n) is 4.39. The highest BCUT2D eigenvalue weighted by molar-refractivity contribution is 5.88. The largest absolute Gasteiger partial charge is 0.497 e. The SMILES string of the molecule is COc1cccc(CN(C(=O)CCc2ccc3c(c2)OCO3)[C@H](Cc2ccccc2)C(=O)NC(C)C)c1. The van der Waals surface area contributed by atoms with Gasteiger partial charge in [0.1, 0.15) is 11.8 Å². The summed E-state index contributed by atoms with van der Waals surface area (Å²) in [7, 11) is 1.61. The normalized spacial score (nSPS) is 12.8. The molecular formula is C30H34N2O5. The van der Waals surface area contributed by atoms with Crippen LogP contribution in [0.25, 0.3) is 0 Å². The number of nitrogens with one attached hydrogen (secondary N) is 1. The molecule has 0 bridgehead atoms. The quantitative estimate of drug-likeness (QED) is 0.417. The molecule has 2 amide bonds. The van der Waals surface area contributed by atoms with Crippen molar-refractivity contribution in [3.05, 3.63) is 89.5 Å². The molecule has 3 aromatic carbocycles. The van der Waals surface area contributed by atoms with Gasteiger partial charge < -0.3 is 24.4 Å². The molecule has 0 saturated carbocycles. The molecule has 0 unspecified atom stereocenters. The number of benzene rings is 3. The molecule has 0 aliphatic carbocycles. The third-order valence-corrected chi connectivity index (χ3v) is 6.25. The lowest BCUT2D eigenvalue weighted by Gasteiger charge is -2.32. The molecule has 1 N–H and O–H groups in total. The van der Waals surface area contributed by atoms with Gasteiger partial charge in [0.25, 0.3) is 0 Å². The Morgan fingerprint density at radius 2 is 1.68 bits per heavy atom. The lowest BCUT2D eigenvalue weighted by molar-refractivity contribution is -0.141. The summed E-state index contributed by atoms with van der Waals surface area (Å²) in [4.78, 5) is 28.9. The van der Waals surface area contributed by atoms with Crippen LogP contribution < -0.4 is 19.5 Å². The molecule has 0 radical (unpaired) electrons. The fourth-order valence-corrected chi connectivity index (χ4v) is 4.39. The highest BCUT2D eigenvalue weighted by atomic mass is 16.7. The van der Waals surface area contributed by atoms with E-state index in [-0.39, 0.29) is 31.1 Å². The van der Waals surface area contributed by atoms with Gasteiger partial charge >= 0.3 is 0 Å². The second kappa shape index (κ2) is 12.3. The fraction of sp³-hybridized carbons (Fsp3) is 0.333. The van der Waals surface area contributed by atoms with Crippen molar-refractivity contribution >= 4 is 11.8 Å². The van der Waals surface area contributed by atoms with E-state index in [0.29, 0.717) is 36.6 Å². The van der Waals surface area contributed by atoms with Crippen LogP contribution in [-0.4, -0.2) is 42.7 Å². The van der Waals surface area contributed by atoms with Gasteiger partial charge in [-0.05, 0) is 61.2 Å². The van der Waals surface area contributed by atoms with Crippen LogP contribution in [0.15, 0.2) is 72.8 Å². The zero-order valence-corrected chi connectivity index (χ0v) is 21.6. The molecule has 1 aliphatic rings. The van der Waals surface area contributed by atoms with Crippen molar-refractivity contribution in [2.45, 2.75) is 51.7 Å². The minimum Gasteiger partial charge on any atom is -0.497 e. The van der Waals surface area contributed by atoms with Crippen LogP contribution >= 0.6 is 0 Å². The summed E-state index contributed by atoms with van der Waals surface area (Å²) in [5.41, 5.74) is 2.86. The number of ether oxygens (including phenoxy) is 3. The Bertz CT molecular complexity index is 1210. The molecule has 0 saturated heterocycles. The third-order valence-electron chi connectivity index (χ3n) is 6.25. The number of rotatable bonds is 11. The van der Waals surface area contributed by atoms with E-state index in [0.717, 1.165) is 16.7 Å². The summed E-state index contributed by atoms with van der Waals surface area (Å²) in [5.74, 6) is 1.84. The number of methoxy groups -OCH3 is 1. The Hall–Kier alpha value is -4.00. The van der Waals surface area contributed by atoms with Crippen LogP contribution in [0, 0.1) is 0 Å². The predicted molar refractivity (Wildman–Crippen MR) is 142 cm³/mol.